The van der Waals surface area contributed by atoms with E-state index in [2.05, 4.69) is 5.97 Å². The highest BCUT2D eigenvalue weighted by Crippen LogP contribution is 2.28. The molecule has 4 heteroatoms. The van der Waals surface area contributed by atoms with E-state index in [9.17, 15) is 4.79 Å². The second kappa shape index (κ2) is 4.91. The van der Waals surface area contributed by atoms with Crippen LogP contribution in [0.5, 0.6) is 0 Å². The molecule has 0 heterocycles. The molecule has 1 unspecified atom stereocenters. The zero-order chi connectivity index (χ0) is 10.5. The van der Waals surface area contributed by atoms with Crippen LogP contribution in [0, 0.1) is 16.6 Å². The minimum Gasteiger partial charge on any atom is -0.481 e. The summed E-state index contributed by atoms with van der Waals surface area (Å²) in [6.45, 7) is 5.37. The van der Waals surface area contributed by atoms with E-state index in [1.54, 1.807) is 6.92 Å². The van der Waals surface area contributed by atoms with Crippen LogP contribution in [-0.2, 0) is 4.79 Å². The van der Waals surface area contributed by atoms with Crippen molar-refractivity contribution in [3.8, 4) is 5.97 Å². The molecule has 72 valence electrons. The zero-order valence-corrected chi connectivity index (χ0v) is 8.50. The molecule has 0 aromatic heterocycles. The van der Waals surface area contributed by atoms with Crippen LogP contribution >= 0.6 is 0 Å². The maximum absolute atomic E-state index is 10.9. The van der Waals surface area contributed by atoms with E-state index in [1.807, 2.05) is 13.7 Å². The summed E-state index contributed by atoms with van der Waals surface area (Å²) in [5, 5.41) is 17.5. The highest BCUT2D eigenvalue weighted by Gasteiger charge is 2.31. The molecule has 0 aliphatic carbocycles. The van der Waals surface area contributed by atoms with Crippen LogP contribution in [-0.4, -0.2) is 17.8 Å². The van der Waals surface area contributed by atoms with Gasteiger partial charge in [0.05, 0.1) is 5.41 Å². The van der Waals surface area contributed by atoms with Crippen LogP contribution in [0.1, 0.15) is 26.7 Å². The number of hydrogen-bond donors (Lipinski definition) is 1. The normalized spacial score (nSPS) is 14.3. The Morgan fingerprint density at radius 1 is 1.69 bits per heavy atom. The molecule has 0 aromatic carbocycles. The van der Waals surface area contributed by atoms with Crippen LogP contribution in [0.3, 0.4) is 0 Å². The molecule has 0 aliphatic rings. The maximum atomic E-state index is 10.9. The smallest absolute Gasteiger partial charge is 0.309 e. The van der Waals surface area contributed by atoms with Crippen LogP contribution in [0.4, 0.5) is 0 Å². The van der Waals surface area contributed by atoms with Gasteiger partial charge in [-0.3, -0.25) is 4.79 Å². The van der Waals surface area contributed by atoms with Crippen molar-refractivity contribution in [2.45, 2.75) is 39.8 Å². The van der Waals surface area contributed by atoms with Crippen molar-refractivity contribution >= 4 is 12.7 Å². The molecular formula is C9H16BNO2. The fourth-order valence-electron chi connectivity index (χ4n) is 1.03. The van der Waals surface area contributed by atoms with E-state index in [1.165, 1.54) is 0 Å². The van der Waals surface area contributed by atoms with Gasteiger partial charge in [-0.2, -0.15) is 0 Å². The van der Waals surface area contributed by atoms with Crippen molar-refractivity contribution in [3.63, 3.8) is 0 Å². The summed E-state index contributed by atoms with van der Waals surface area (Å²) >= 11 is 0. The third-order valence-electron chi connectivity index (χ3n) is 2.65. The molecule has 3 nitrogen and oxygen atoms in total. The van der Waals surface area contributed by atoms with Gasteiger partial charge in [0.25, 0.3) is 6.71 Å². The zero-order valence-electron chi connectivity index (χ0n) is 8.50. The molecule has 0 saturated heterocycles. The van der Waals surface area contributed by atoms with E-state index in [0.717, 1.165) is 0 Å². The summed E-state index contributed by atoms with van der Waals surface area (Å²) in [7, 11) is 0. The summed E-state index contributed by atoms with van der Waals surface area (Å²) in [6.07, 6.45) is 1.85. The topological polar surface area (TPSA) is 61.1 Å². The average Bonchev–Trinajstić information content (AvgIpc) is 2.13. The number of hydrogen-bond acceptors (Lipinski definition) is 2. The second-order valence-electron chi connectivity index (χ2n) is 3.79. The molecule has 0 rings (SSSR count). The Hall–Kier alpha value is -0.975. The number of carbonyl (C=O) groups is 1. The van der Waals surface area contributed by atoms with Crippen LogP contribution in [0.15, 0.2) is 0 Å². The van der Waals surface area contributed by atoms with Crippen molar-refractivity contribution in [2.75, 3.05) is 0 Å². The number of rotatable bonds is 5. The molecule has 1 N–H and O–H groups in total. The van der Waals surface area contributed by atoms with Gasteiger partial charge in [0.15, 0.2) is 0 Å². The lowest BCUT2D eigenvalue weighted by Crippen LogP contribution is -2.27. The predicted octanol–water partition coefficient (Wildman–Crippen LogP) is 2.06. The monoisotopic (exact) mass is 181 g/mol. The molecule has 0 aliphatic heterocycles. The van der Waals surface area contributed by atoms with Gasteiger partial charge in [-0.25, -0.2) is 5.26 Å². The largest absolute Gasteiger partial charge is 0.481 e. The third kappa shape index (κ3) is 3.50. The van der Waals surface area contributed by atoms with Gasteiger partial charge in [-0.1, -0.05) is 20.1 Å². The van der Waals surface area contributed by atoms with Crippen molar-refractivity contribution in [3.05, 3.63) is 0 Å². The van der Waals surface area contributed by atoms with Gasteiger partial charge in [0.2, 0.25) is 0 Å². The predicted molar refractivity (Wildman–Crippen MR) is 52.7 cm³/mol. The maximum Gasteiger partial charge on any atom is 0.309 e. The van der Waals surface area contributed by atoms with Crippen molar-refractivity contribution in [1.82, 2.24) is 0 Å². The van der Waals surface area contributed by atoms with Crippen molar-refractivity contribution < 1.29 is 9.90 Å². The lowest BCUT2D eigenvalue weighted by atomic mass is 9.49. The molecule has 0 fully saturated rings. The quantitative estimate of drug-likeness (QED) is 0.660. The van der Waals surface area contributed by atoms with Crippen molar-refractivity contribution in [1.29, 1.82) is 5.26 Å². The lowest BCUT2D eigenvalue weighted by Gasteiger charge is -2.22. The highest BCUT2D eigenvalue weighted by atomic mass is 16.4. The minimum atomic E-state index is -0.764. The number of carboxylic acids is 1. The summed E-state index contributed by atoms with van der Waals surface area (Å²) < 4.78 is 0. The van der Waals surface area contributed by atoms with Gasteiger partial charge in [0, 0.05) is 5.97 Å². The highest BCUT2D eigenvalue weighted by molar-refractivity contribution is 6.65. The summed E-state index contributed by atoms with van der Waals surface area (Å²) in [4.78, 5) is 10.9. The summed E-state index contributed by atoms with van der Waals surface area (Å²) in [5.41, 5.74) is -0.662. The van der Waals surface area contributed by atoms with Crippen LogP contribution in [0.2, 0.25) is 13.1 Å². The van der Waals surface area contributed by atoms with E-state index in [0.29, 0.717) is 19.2 Å². The standard InChI is InChI=1S/C9H16BNO2/c1-4-9(2,8(12)13)5-6-10(3)7-11/h4-6H2,1-3H3,(H,12,13). The average molecular weight is 181 g/mol. The fourth-order valence-corrected chi connectivity index (χ4v) is 1.03. The summed E-state index contributed by atoms with van der Waals surface area (Å²) in [6, 6.07) is 0. The van der Waals surface area contributed by atoms with Crippen LogP contribution < -0.4 is 0 Å². The first-order valence-electron chi connectivity index (χ1n) is 4.59. The second-order valence-corrected chi connectivity index (χ2v) is 3.79. The Morgan fingerprint density at radius 3 is 2.54 bits per heavy atom. The Kier molecular flexibility index (Phi) is 4.54. The summed E-state index contributed by atoms with van der Waals surface area (Å²) in [5.74, 6) is 1.34. The Morgan fingerprint density at radius 2 is 2.23 bits per heavy atom. The molecule has 13 heavy (non-hydrogen) atoms. The molecule has 0 aromatic rings. The molecular weight excluding hydrogens is 165 g/mol. The van der Waals surface area contributed by atoms with Crippen LogP contribution in [0.25, 0.3) is 0 Å². The van der Waals surface area contributed by atoms with Gasteiger partial charge >= 0.3 is 5.97 Å². The number of nitrogens with zero attached hydrogens (tertiary/aromatic N) is 1. The first-order chi connectivity index (χ1) is 5.96. The Balaban J connectivity index is 4.15. The molecule has 1 atom stereocenters. The number of carboxylic acid groups (broad SMARTS) is 1. The molecule has 0 saturated carbocycles. The van der Waals surface area contributed by atoms with Gasteiger partial charge < -0.3 is 5.11 Å². The van der Waals surface area contributed by atoms with E-state index in [-0.39, 0.29) is 6.71 Å². The van der Waals surface area contributed by atoms with Gasteiger partial charge in [-0.15, -0.1) is 0 Å². The molecule has 0 radical (unpaired) electrons. The Labute approximate surface area is 79.8 Å². The van der Waals surface area contributed by atoms with Gasteiger partial charge in [-0.05, 0) is 19.8 Å². The Bertz CT molecular complexity index is 224. The molecule has 0 amide bonds. The molecule has 0 spiro atoms. The van der Waals surface area contributed by atoms with E-state index >= 15 is 0 Å². The third-order valence-corrected chi connectivity index (χ3v) is 2.65. The van der Waals surface area contributed by atoms with E-state index in [4.69, 9.17) is 10.4 Å². The first kappa shape index (κ1) is 12.0. The molecule has 0 bridgehead atoms. The van der Waals surface area contributed by atoms with Crippen molar-refractivity contribution in [2.24, 2.45) is 5.41 Å². The van der Waals surface area contributed by atoms with E-state index < -0.39 is 11.4 Å². The lowest BCUT2D eigenvalue weighted by molar-refractivity contribution is -0.148. The SMILES string of the molecule is CCC(C)(CCB(C)C#N)C(=O)O. The van der Waals surface area contributed by atoms with Gasteiger partial charge in [0.1, 0.15) is 0 Å². The minimum absolute atomic E-state index is 0.0507. The first-order valence-corrected chi connectivity index (χ1v) is 4.59. The fraction of sp³-hybridized carbons (Fsp3) is 0.778. The number of nitriles is 1. The number of aliphatic carboxylic acids is 1.